The SMILES string of the molecule is CSCCC(N)C(=O)NC(CC(N)=O)C(=O)NC(CS)C(=O)NC(CCC(=O)O)C(=O)O. The van der Waals surface area contributed by atoms with Crippen LogP contribution in [0.3, 0.4) is 0 Å². The molecule has 0 radical (unpaired) electrons. The van der Waals surface area contributed by atoms with Crippen molar-refractivity contribution in [2.45, 2.75) is 49.9 Å². The van der Waals surface area contributed by atoms with E-state index in [1.165, 1.54) is 11.8 Å². The van der Waals surface area contributed by atoms with E-state index >= 15 is 0 Å². The number of carboxylic acid groups (broad SMARTS) is 2. The van der Waals surface area contributed by atoms with E-state index in [1.807, 2.05) is 6.26 Å². The number of aliphatic carboxylic acids is 2. The molecule has 0 heterocycles. The number of nitrogens with two attached hydrogens (primary N) is 2. The molecule has 0 rings (SSSR count). The summed E-state index contributed by atoms with van der Waals surface area (Å²) < 4.78 is 0. The summed E-state index contributed by atoms with van der Waals surface area (Å²) in [6.45, 7) is 0. The molecule has 15 heteroatoms. The molecule has 0 aromatic rings. The standard InChI is InChI=1S/C17H29N5O8S2/c1-32-5-4-8(18)14(26)21-10(6-12(19)23)15(27)22-11(7-31)16(28)20-9(17(29)30)2-3-13(24)25/h8-11,31H,2-7,18H2,1H3,(H2,19,23)(H,20,28)(H,21,26)(H,22,27)(H,24,25)(H,29,30). The number of hydrogen-bond acceptors (Lipinski definition) is 9. The average Bonchev–Trinajstić information content (AvgIpc) is 2.71. The summed E-state index contributed by atoms with van der Waals surface area (Å²) in [6.07, 6.45) is 0.709. The highest BCUT2D eigenvalue weighted by molar-refractivity contribution is 7.98. The van der Waals surface area contributed by atoms with E-state index in [0.29, 0.717) is 12.2 Å². The molecule has 0 saturated heterocycles. The van der Waals surface area contributed by atoms with Crippen molar-refractivity contribution in [3.8, 4) is 0 Å². The molecule has 0 aromatic carbocycles. The maximum atomic E-state index is 12.6. The number of rotatable bonds is 16. The van der Waals surface area contributed by atoms with E-state index in [9.17, 15) is 28.8 Å². The van der Waals surface area contributed by atoms with Crippen molar-refractivity contribution in [1.82, 2.24) is 16.0 Å². The van der Waals surface area contributed by atoms with Gasteiger partial charge in [0.1, 0.15) is 18.1 Å². The molecule has 0 fully saturated rings. The Hall–Kier alpha value is -2.52. The lowest BCUT2D eigenvalue weighted by Crippen LogP contribution is -2.58. The number of nitrogens with one attached hydrogen (secondary N) is 3. The summed E-state index contributed by atoms with van der Waals surface area (Å²) in [5, 5.41) is 24.5. The smallest absolute Gasteiger partial charge is 0.326 e. The third kappa shape index (κ3) is 11.8. The van der Waals surface area contributed by atoms with Crippen LogP contribution in [0.25, 0.3) is 0 Å². The van der Waals surface area contributed by atoms with Crippen molar-refractivity contribution in [2.75, 3.05) is 17.8 Å². The second-order valence-electron chi connectivity index (χ2n) is 6.70. The first kappa shape index (κ1) is 29.5. The molecule has 0 spiro atoms. The maximum absolute atomic E-state index is 12.6. The van der Waals surface area contributed by atoms with Crippen molar-refractivity contribution in [3.63, 3.8) is 0 Å². The van der Waals surface area contributed by atoms with E-state index in [2.05, 4.69) is 28.6 Å². The molecular formula is C17H29N5O8S2. The summed E-state index contributed by atoms with van der Waals surface area (Å²) in [4.78, 5) is 70.4. The molecule has 13 nitrogen and oxygen atoms in total. The Morgan fingerprint density at radius 3 is 1.91 bits per heavy atom. The largest absolute Gasteiger partial charge is 0.481 e. The number of hydrogen-bond donors (Lipinski definition) is 8. The monoisotopic (exact) mass is 495 g/mol. The summed E-state index contributed by atoms with van der Waals surface area (Å²) in [5.41, 5.74) is 10.9. The molecule has 182 valence electrons. The predicted molar refractivity (Wildman–Crippen MR) is 119 cm³/mol. The Bertz CT molecular complexity index is 708. The third-order valence-electron chi connectivity index (χ3n) is 4.09. The third-order valence-corrected chi connectivity index (χ3v) is 5.09. The van der Waals surface area contributed by atoms with Gasteiger partial charge in [-0.25, -0.2) is 4.79 Å². The van der Waals surface area contributed by atoms with Crippen LogP contribution in [-0.2, 0) is 28.8 Å². The zero-order chi connectivity index (χ0) is 24.8. The Kier molecular flexibility index (Phi) is 14.1. The van der Waals surface area contributed by atoms with Crippen LogP contribution in [0.15, 0.2) is 0 Å². The van der Waals surface area contributed by atoms with E-state index < -0.39 is 72.6 Å². The summed E-state index contributed by atoms with van der Waals surface area (Å²) >= 11 is 5.42. The minimum Gasteiger partial charge on any atom is -0.481 e. The molecule has 32 heavy (non-hydrogen) atoms. The minimum atomic E-state index is -1.51. The van der Waals surface area contributed by atoms with Gasteiger partial charge in [-0.3, -0.25) is 24.0 Å². The van der Waals surface area contributed by atoms with E-state index in [-0.39, 0.29) is 12.2 Å². The van der Waals surface area contributed by atoms with Gasteiger partial charge >= 0.3 is 11.9 Å². The first-order chi connectivity index (χ1) is 14.9. The van der Waals surface area contributed by atoms with E-state index in [4.69, 9.17) is 21.7 Å². The Labute approximate surface area is 194 Å². The number of thioether (sulfide) groups is 1. The van der Waals surface area contributed by atoms with Gasteiger partial charge in [-0.1, -0.05) is 0 Å². The van der Waals surface area contributed by atoms with Crippen LogP contribution in [0.5, 0.6) is 0 Å². The van der Waals surface area contributed by atoms with Gasteiger partial charge < -0.3 is 37.6 Å². The molecule has 4 amide bonds. The molecular weight excluding hydrogens is 466 g/mol. The molecule has 4 atom stereocenters. The second kappa shape index (κ2) is 15.3. The van der Waals surface area contributed by atoms with Gasteiger partial charge in [-0.15, -0.1) is 0 Å². The highest BCUT2D eigenvalue weighted by Gasteiger charge is 2.30. The van der Waals surface area contributed by atoms with Crippen LogP contribution in [0.2, 0.25) is 0 Å². The van der Waals surface area contributed by atoms with Crippen LogP contribution in [0.1, 0.15) is 25.7 Å². The normalized spacial score (nSPS) is 14.3. The Morgan fingerprint density at radius 1 is 0.906 bits per heavy atom. The maximum Gasteiger partial charge on any atom is 0.326 e. The summed E-state index contributed by atoms with van der Waals surface area (Å²) in [5.74, 6) is -5.81. The van der Waals surface area contributed by atoms with Crippen LogP contribution in [0, 0.1) is 0 Å². The van der Waals surface area contributed by atoms with Gasteiger partial charge in [-0.05, 0) is 24.9 Å². The van der Waals surface area contributed by atoms with Gasteiger partial charge in [0, 0.05) is 12.2 Å². The first-order valence-corrected chi connectivity index (χ1v) is 11.4. The number of thiol groups is 1. The van der Waals surface area contributed by atoms with Crippen molar-refractivity contribution < 1.29 is 39.0 Å². The van der Waals surface area contributed by atoms with E-state index in [1.54, 1.807) is 0 Å². The van der Waals surface area contributed by atoms with Gasteiger partial charge in [0.2, 0.25) is 23.6 Å². The van der Waals surface area contributed by atoms with Crippen molar-refractivity contribution in [2.24, 2.45) is 11.5 Å². The van der Waals surface area contributed by atoms with Gasteiger partial charge in [0.15, 0.2) is 0 Å². The van der Waals surface area contributed by atoms with Crippen LogP contribution in [0.4, 0.5) is 0 Å². The fourth-order valence-corrected chi connectivity index (χ4v) is 3.08. The number of amides is 4. The second-order valence-corrected chi connectivity index (χ2v) is 8.05. The lowest BCUT2D eigenvalue weighted by Gasteiger charge is -2.24. The van der Waals surface area contributed by atoms with Crippen molar-refractivity contribution in [1.29, 1.82) is 0 Å². The fourth-order valence-electron chi connectivity index (χ4n) is 2.33. The zero-order valence-corrected chi connectivity index (χ0v) is 19.1. The van der Waals surface area contributed by atoms with E-state index in [0.717, 1.165) is 0 Å². The zero-order valence-electron chi connectivity index (χ0n) is 17.4. The molecule has 0 aliphatic carbocycles. The molecule has 0 saturated carbocycles. The molecule has 4 unspecified atom stereocenters. The molecule has 9 N–H and O–H groups in total. The summed E-state index contributed by atoms with van der Waals surface area (Å²) in [7, 11) is 0. The van der Waals surface area contributed by atoms with Crippen molar-refractivity contribution in [3.05, 3.63) is 0 Å². The van der Waals surface area contributed by atoms with Crippen LogP contribution in [-0.4, -0.2) is 87.7 Å². The molecule has 0 bridgehead atoms. The Balaban J connectivity index is 5.21. The number of carbonyl (C=O) groups is 6. The molecule has 0 aromatic heterocycles. The van der Waals surface area contributed by atoms with Gasteiger partial charge in [0.25, 0.3) is 0 Å². The topological polar surface area (TPSA) is 231 Å². The van der Waals surface area contributed by atoms with Gasteiger partial charge in [0.05, 0.1) is 12.5 Å². The van der Waals surface area contributed by atoms with Crippen molar-refractivity contribution >= 4 is 60.0 Å². The molecule has 0 aliphatic heterocycles. The Morgan fingerprint density at radius 2 is 1.44 bits per heavy atom. The highest BCUT2D eigenvalue weighted by Crippen LogP contribution is 2.03. The number of carboxylic acids is 2. The lowest BCUT2D eigenvalue weighted by molar-refractivity contribution is -0.143. The quantitative estimate of drug-likeness (QED) is 0.103. The van der Waals surface area contributed by atoms with Gasteiger partial charge in [-0.2, -0.15) is 24.4 Å². The number of carbonyl (C=O) groups excluding carboxylic acids is 4. The predicted octanol–water partition coefficient (Wildman–Crippen LogP) is -2.72. The number of primary amides is 1. The van der Waals surface area contributed by atoms with Crippen LogP contribution >= 0.6 is 24.4 Å². The van der Waals surface area contributed by atoms with Crippen LogP contribution < -0.4 is 27.4 Å². The summed E-state index contributed by atoms with van der Waals surface area (Å²) in [6, 6.07) is -5.19. The highest BCUT2D eigenvalue weighted by atomic mass is 32.2. The first-order valence-electron chi connectivity index (χ1n) is 9.42. The minimum absolute atomic E-state index is 0.257. The molecule has 0 aliphatic rings. The average molecular weight is 496 g/mol. The fraction of sp³-hybridized carbons (Fsp3) is 0.647. The lowest BCUT2D eigenvalue weighted by atomic mass is 10.1.